The van der Waals surface area contributed by atoms with Gasteiger partial charge in [0.15, 0.2) is 0 Å². The zero-order valence-electron chi connectivity index (χ0n) is 13.3. The maximum Gasteiger partial charge on any atom is 0.315 e. The Labute approximate surface area is 130 Å². The lowest BCUT2D eigenvalue weighted by Crippen LogP contribution is -2.45. The maximum atomic E-state index is 12.1. The third-order valence-corrected chi connectivity index (χ3v) is 3.34. The van der Waals surface area contributed by atoms with Crippen LogP contribution in [0.3, 0.4) is 0 Å². The monoisotopic (exact) mass is 305 g/mol. The summed E-state index contributed by atoms with van der Waals surface area (Å²) in [7, 11) is 0. The normalized spacial score (nSPS) is 17.7. The Hall–Kier alpha value is -2.24. The highest BCUT2D eigenvalue weighted by Crippen LogP contribution is 2.24. The highest BCUT2D eigenvalue weighted by Gasteiger charge is 2.31. The summed E-state index contributed by atoms with van der Waals surface area (Å²) >= 11 is 0. The lowest BCUT2D eigenvalue weighted by Gasteiger charge is -2.18. The van der Waals surface area contributed by atoms with Crippen molar-refractivity contribution < 1.29 is 14.3 Å². The molecule has 0 aliphatic carbocycles. The van der Waals surface area contributed by atoms with E-state index in [1.807, 2.05) is 45.0 Å². The zero-order chi connectivity index (χ0) is 16.1. The van der Waals surface area contributed by atoms with Gasteiger partial charge in [-0.3, -0.25) is 4.79 Å². The minimum Gasteiger partial charge on any atom is -0.494 e. The number of benzene rings is 1. The fraction of sp³-hybridized carbons (Fsp3) is 0.500. The molecule has 22 heavy (non-hydrogen) atoms. The second-order valence-electron chi connectivity index (χ2n) is 5.60. The number of hydrogen-bond acceptors (Lipinski definition) is 3. The molecular formula is C16H23N3O3. The van der Waals surface area contributed by atoms with Gasteiger partial charge in [-0.1, -0.05) is 0 Å². The molecule has 6 nitrogen and oxygen atoms in total. The van der Waals surface area contributed by atoms with E-state index in [2.05, 4.69) is 10.6 Å². The smallest absolute Gasteiger partial charge is 0.315 e. The topological polar surface area (TPSA) is 70.7 Å². The Morgan fingerprint density at radius 2 is 2.05 bits per heavy atom. The van der Waals surface area contributed by atoms with Gasteiger partial charge in [0.05, 0.1) is 12.6 Å². The molecule has 1 heterocycles. The number of urea groups is 1. The Kier molecular flexibility index (Phi) is 5.25. The number of ether oxygens (including phenoxy) is 1. The van der Waals surface area contributed by atoms with Crippen LogP contribution in [-0.2, 0) is 4.79 Å². The van der Waals surface area contributed by atoms with Gasteiger partial charge in [-0.25, -0.2) is 4.79 Å². The van der Waals surface area contributed by atoms with Crippen molar-refractivity contribution in [2.45, 2.75) is 39.3 Å². The summed E-state index contributed by atoms with van der Waals surface area (Å²) in [6, 6.07) is 7.08. The SMILES string of the molecule is CCOc1ccc(N2C[C@@H](NC(=O)NC(C)C)CC2=O)cc1. The molecule has 0 aromatic heterocycles. The standard InChI is InChI=1S/C16H23N3O3/c1-4-22-14-7-5-13(6-8-14)19-10-12(9-15(19)20)18-16(21)17-11(2)3/h5-8,11-12H,4,9-10H2,1-3H3,(H2,17,18,21)/t12-/m0/s1. The molecule has 120 valence electrons. The molecule has 0 radical (unpaired) electrons. The predicted molar refractivity (Wildman–Crippen MR) is 85.2 cm³/mol. The van der Waals surface area contributed by atoms with Crippen LogP contribution in [0.5, 0.6) is 5.75 Å². The number of rotatable bonds is 5. The van der Waals surface area contributed by atoms with Gasteiger partial charge in [0.1, 0.15) is 5.75 Å². The van der Waals surface area contributed by atoms with E-state index in [0.717, 1.165) is 11.4 Å². The van der Waals surface area contributed by atoms with Crippen LogP contribution < -0.4 is 20.3 Å². The maximum absolute atomic E-state index is 12.1. The van der Waals surface area contributed by atoms with E-state index >= 15 is 0 Å². The van der Waals surface area contributed by atoms with Crippen molar-refractivity contribution in [3.8, 4) is 5.75 Å². The molecule has 3 amide bonds. The van der Waals surface area contributed by atoms with E-state index in [-0.39, 0.29) is 24.0 Å². The van der Waals surface area contributed by atoms with Crippen LogP contribution in [0.4, 0.5) is 10.5 Å². The van der Waals surface area contributed by atoms with Gasteiger partial charge in [0.25, 0.3) is 0 Å². The molecule has 6 heteroatoms. The number of nitrogens with zero attached hydrogens (tertiary/aromatic N) is 1. The molecule has 2 rings (SSSR count). The van der Waals surface area contributed by atoms with Gasteiger partial charge in [-0.2, -0.15) is 0 Å². The van der Waals surface area contributed by atoms with Crippen molar-refractivity contribution >= 4 is 17.6 Å². The molecule has 1 aliphatic heterocycles. The summed E-state index contributed by atoms with van der Waals surface area (Å²) in [5, 5.41) is 5.60. The molecule has 0 unspecified atom stereocenters. The van der Waals surface area contributed by atoms with Crippen molar-refractivity contribution in [1.29, 1.82) is 0 Å². The molecule has 1 aromatic carbocycles. The summed E-state index contributed by atoms with van der Waals surface area (Å²) < 4.78 is 5.39. The molecular weight excluding hydrogens is 282 g/mol. The van der Waals surface area contributed by atoms with Crippen molar-refractivity contribution in [2.24, 2.45) is 0 Å². The van der Waals surface area contributed by atoms with Crippen LogP contribution in [0.2, 0.25) is 0 Å². The van der Waals surface area contributed by atoms with Gasteiger partial charge >= 0.3 is 6.03 Å². The Balaban J connectivity index is 1.95. The number of carbonyl (C=O) groups excluding carboxylic acids is 2. The molecule has 1 saturated heterocycles. The largest absolute Gasteiger partial charge is 0.494 e. The third-order valence-electron chi connectivity index (χ3n) is 3.34. The van der Waals surface area contributed by atoms with E-state index < -0.39 is 0 Å². The predicted octanol–water partition coefficient (Wildman–Crippen LogP) is 1.90. The third kappa shape index (κ3) is 4.13. The molecule has 1 aliphatic rings. The van der Waals surface area contributed by atoms with Crippen molar-refractivity contribution in [3.63, 3.8) is 0 Å². The second kappa shape index (κ2) is 7.15. The second-order valence-corrected chi connectivity index (χ2v) is 5.60. The molecule has 0 spiro atoms. The molecule has 1 atom stereocenters. The average Bonchev–Trinajstić information content (AvgIpc) is 2.79. The van der Waals surface area contributed by atoms with E-state index in [0.29, 0.717) is 19.6 Å². The lowest BCUT2D eigenvalue weighted by molar-refractivity contribution is -0.117. The number of nitrogens with one attached hydrogen (secondary N) is 2. The highest BCUT2D eigenvalue weighted by molar-refractivity contribution is 5.96. The molecule has 0 bridgehead atoms. The number of anilines is 1. The van der Waals surface area contributed by atoms with Gasteiger partial charge in [-0.05, 0) is 45.0 Å². The first-order valence-corrected chi connectivity index (χ1v) is 7.60. The van der Waals surface area contributed by atoms with Crippen LogP contribution >= 0.6 is 0 Å². The zero-order valence-corrected chi connectivity index (χ0v) is 13.3. The first kappa shape index (κ1) is 16.1. The summed E-state index contributed by atoms with van der Waals surface area (Å²) in [5.41, 5.74) is 0.821. The van der Waals surface area contributed by atoms with Gasteiger partial charge in [0.2, 0.25) is 5.91 Å². The Morgan fingerprint density at radius 3 is 2.64 bits per heavy atom. The van der Waals surface area contributed by atoms with Gasteiger partial charge < -0.3 is 20.3 Å². The first-order chi connectivity index (χ1) is 10.5. The van der Waals surface area contributed by atoms with E-state index in [9.17, 15) is 9.59 Å². The van der Waals surface area contributed by atoms with Crippen molar-refractivity contribution in [1.82, 2.24) is 10.6 Å². The fourth-order valence-corrected chi connectivity index (χ4v) is 2.43. The van der Waals surface area contributed by atoms with Crippen molar-refractivity contribution in [3.05, 3.63) is 24.3 Å². The summed E-state index contributed by atoms with van der Waals surface area (Å²) in [6.07, 6.45) is 0.318. The average molecular weight is 305 g/mol. The van der Waals surface area contributed by atoms with E-state index in [1.165, 1.54) is 0 Å². The van der Waals surface area contributed by atoms with Gasteiger partial charge in [-0.15, -0.1) is 0 Å². The highest BCUT2D eigenvalue weighted by atomic mass is 16.5. The van der Waals surface area contributed by atoms with E-state index in [4.69, 9.17) is 4.74 Å². The minimum atomic E-state index is -0.235. The summed E-state index contributed by atoms with van der Waals surface area (Å²) in [4.78, 5) is 25.5. The lowest BCUT2D eigenvalue weighted by atomic mass is 10.2. The molecule has 0 saturated carbocycles. The minimum absolute atomic E-state index is 0.0130. The number of amides is 3. The first-order valence-electron chi connectivity index (χ1n) is 7.60. The van der Waals surface area contributed by atoms with Crippen molar-refractivity contribution in [2.75, 3.05) is 18.1 Å². The Morgan fingerprint density at radius 1 is 1.36 bits per heavy atom. The Bertz CT molecular complexity index is 528. The molecule has 1 aromatic rings. The molecule has 1 fully saturated rings. The quantitative estimate of drug-likeness (QED) is 0.873. The van der Waals surface area contributed by atoms with E-state index in [1.54, 1.807) is 4.90 Å². The van der Waals surface area contributed by atoms with Crippen LogP contribution in [0.25, 0.3) is 0 Å². The summed E-state index contributed by atoms with van der Waals surface area (Å²) in [5.74, 6) is 0.794. The van der Waals surface area contributed by atoms with Crippen LogP contribution in [0.1, 0.15) is 27.2 Å². The van der Waals surface area contributed by atoms with Crippen LogP contribution in [-0.4, -0.2) is 37.2 Å². The number of carbonyl (C=O) groups is 2. The number of hydrogen-bond donors (Lipinski definition) is 2. The van der Waals surface area contributed by atoms with Crippen LogP contribution in [0.15, 0.2) is 24.3 Å². The van der Waals surface area contributed by atoms with Crippen LogP contribution in [0, 0.1) is 0 Å². The fourth-order valence-electron chi connectivity index (χ4n) is 2.43. The summed E-state index contributed by atoms with van der Waals surface area (Å²) in [6.45, 7) is 6.81. The molecule has 2 N–H and O–H groups in total. The van der Waals surface area contributed by atoms with Gasteiger partial charge in [0, 0.05) is 24.7 Å².